The summed E-state index contributed by atoms with van der Waals surface area (Å²) < 4.78 is 2.08. The molecule has 2 aromatic rings. The van der Waals surface area contributed by atoms with Crippen LogP contribution in [0.25, 0.3) is 11.0 Å². The van der Waals surface area contributed by atoms with Crippen LogP contribution in [0.1, 0.15) is 12.0 Å². The highest BCUT2D eigenvalue weighted by atomic mass is 15.3. The molecule has 1 unspecified atom stereocenters. The molecule has 5 heteroatoms. The summed E-state index contributed by atoms with van der Waals surface area (Å²) in [7, 11) is 2.05. The van der Waals surface area contributed by atoms with Crippen molar-refractivity contribution >= 4 is 11.0 Å². The molecule has 0 radical (unpaired) electrons. The van der Waals surface area contributed by atoms with Gasteiger partial charge in [-0.05, 0) is 24.1 Å². The predicted molar refractivity (Wildman–Crippen MR) is 88.8 cm³/mol. The first-order valence-corrected chi connectivity index (χ1v) is 8.37. The molecular weight excluding hydrogens is 274 g/mol. The van der Waals surface area contributed by atoms with Gasteiger partial charge in [0, 0.05) is 58.9 Å². The third-order valence-corrected chi connectivity index (χ3v) is 5.11. The monoisotopic (exact) mass is 299 g/mol. The Balaban J connectivity index is 1.40. The van der Waals surface area contributed by atoms with Gasteiger partial charge in [-0.15, -0.1) is 0 Å². The van der Waals surface area contributed by atoms with Crippen molar-refractivity contribution in [3.8, 4) is 0 Å². The number of nitrogens with zero attached hydrogens (tertiary/aromatic N) is 4. The topological polar surface area (TPSA) is 36.3 Å². The highest BCUT2D eigenvalue weighted by Crippen LogP contribution is 2.20. The molecule has 0 saturated carbocycles. The smallest absolute Gasteiger partial charge is 0.0955 e. The Morgan fingerprint density at radius 2 is 2.09 bits per heavy atom. The van der Waals surface area contributed by atoms with E-state index in [1.165, 1.54) is 43.7 Å². The van der Waals surface area contributed by atoms with E-state index in [4.69, 9.17) is 0 Å². The number of likely N-dealkylation sites (tertiary alicyclic amines) is 1. The van der Waals surface area contributed by atoms with Crippen molar-refractivity contribution in [3.63, 3.8) is 0 Å². The third kappa shape index (κ3) is 2.76. The molecule has 4 rings (SSSR count). The summed E-state index contributed by atoms with van der Waals surface area (Å²) in [6, 6.07) is 7.44. The van der Waals surface area contributed by atoms with Crippen LogP contribution in [0.3, 0.4) is 0 Å². The van der Waals surface area contributed by atoms with Crippen LogP contribution >= 0.6 is 0 Å². The Hall–Kier alpha value is -1.43. The van der Waals surface area contributed by atoms with Crippen LogP contribution < -0.4 is 5.32 Å². The largest absolute Gasteiger partial charge is 0.334 e. The normalized spacial score (nSPS) is 24.3. The van der Waals surface area contributed by atoms with E-state index in [1.54, 1.807) is 0 Å². The molecule has 2 aliphatic heterocycles. The van der Waals surface area contributed by atoms with E-state index in [9.17, 15) is 0 Å². The van der Waals surface area contributed by atoms with E-state index in [0.29, 0.717) is 0 Å². The van der Waals surface area contributed by atoms with E-state index < -0.39 is 0 Å². The molecule has 2 aliphatic rings. The van der Waals surface area contributed by atoms with Crippen LogP contribution in [0.15, 0.2) is 24.5 Å². The van der Waals surface area contributed by atoms with Crippen molar-refractivity contribution < 1.29 is 0 Å². The average molecular weight is 299 g/mol. The summed E-state index contributed by atoms with van der Waals surface area (Å²) in [6.45, 7) is 8.18. The highest BCUT2D eigenvalue weighted by Gasteiger charge is 2.28. The first-order chi connectivity index (χ1) is 10.8. The minimum Gasteiger partial charge on any atom is -0.334 e. The second-order valence-corrected chi connectivity index (χ2v) is 6.64. The first-order valence-electron chi connectivity index (χ1n) is 8.37. The van der Waals surface area contributed by atoms with Gasteiger partial charge in [-0.25, -0.2) is 4.98 Å². The van der Waals surface area contributed by atoms with Gasteiger partial charge in [0.05, 0.1) is 17.4 Å². The summed E-state index contributed by atoms with van der Waals surface area (Å²) in [5, 5.41) is 3.44. The van der Waals surface area contributed by atoms with Crippen molar-refractivity contribution in [2.75, 3.05) is 39.3 Å². The molecule has 1 atom stereocenters. The van der Waals surface area contributed by atoms with Crippen molar-refractivity contribution in [2.24, 2.45) is 7.05 Å². The molecular formula is C17H25N5. The number of aryl methyl sites for hydroxylation is 1. The van der Waals surface area contributed by atoms with E-state index in [-0.39, 0.29) is 0 Å². The van der Waals surface area contributed by atoms with Crippen molar-refractivity contribution in [2.45, 2.75) is 19.0 Å². The van der Waals surface area contributed by atoms with E-state index in [1.807, 2.05) is 13.4 Å². The minimum atomic E-state index is 0.751. The van der Waals surface area contributed by atoms with Gasteiger partial charge in [0.25, 0.3) is 0 Å². The molecule has 3 heterocycles. The van der Waals surface area contributed by atoms with E-state index in [0.717, 1.165) is 31.2 Å². The van der Waals surface area contributed by atoms with Crippen LogP contribution in [0.5, 0.6) is 0 Å². The molecule has 2 fully saturated rings. The zero-order valence-electron chi connectivity index (χ0n) is 13.3. The maximum Gasteiger partial charge on any atom is 0.0955 e. The lowest BCUT2D eigenvalue weighted by molar-refractivity contribution is 0.170. The molecule has 1 aromatic carbocycles. The van der Waals surface area contributed by atoms with Gasteiger partial charge in [-0.3, -0.25) is 9.80 Å². The van der Waals surface area contributed by atoms with Crippen LogP contribution in [-0.2, 0) is 13.6 Å². The summed E-state index contributed by atoms with van der Waals surface area (Å²) in [5.74, 6) is 0. The molecule has 2 saturated heterocycles. The number of hydrogen-bond donors (Lipinski definition) is 1. The molecule has 5 nitrogen and oxygen atoms in total. The standard InChI is InChI=1S/C17H25N5/c1-20-13-19-16-10-14(2-3-17(16)20)11-21-7-4-15(12-21)22-8-5-18-6-9-22/h2-3,10,13,15,18H,4-9,11-12H2,1H3. The number of benzene rings is 1. The number of imidazole rings is 1. The molecule has 1 aromatic heterocycles. The zero-order valence-corrected chi connectivity index (χ0v) is 13.3. The lowest BCUT2D eigenvalue weighted by Gasteiger charge is -2.32. The molecule has 0 bridgehead atoms. The maximum atomic E-state index is 4.47. The van der Waals surface area contributed by atoms with Gasteiger partial charge in [-0.2, -0.15) is 0 Å². The van der Waals surface area contributed by atoms with Gasteiger partial charge >= 0.3 is 0 Å². The molecule has 22 heavy (non-hydrogen) atoms. The summed E-state index contributed by atoms with van der Waals surface area (Å²) in [4.78, 5) is 9.73. The lowest BCUT2D eigenvalue weighted by atomic mass is 10.2. The Bertz CT molecular complexity index is 644. The van der Waals surface area contributed by atoms with Gasteiger partial charge < -0.3 is 9.88 Å². The fourth-order valence-corrected chi connectivity index (χ4v) is 3.84. The predicted octanol–water partition coefficient (Wildman–Crippen LogP) is 1.05. The van der Waals surface area contributed by atoms with Crippen molar-refractivity contribution in [1.29, 1.82) is 0 Å². The van der Waals surface area contributed by atoms with Crippen LogP contribution in [0.2, 0.25) is 0 Å². The number of rotatable bonds is 3. The fraction of sp³-hybridized carbons (Fsp3) is 0.588. The lowest BCUT2D eigenvalue weighted by Crippen LogP contribution is -2.49. The number of hydrogen-bond acceptors (Lipinski definition) is 4. The summed E-state index contributed by atoms with van der Waals surface area (Å²) >= 11 is 0. The molecule has 0 aliphatic carbocycles. The Morgan fingerprint density at radius 1 is 1.23 bits per heavy atom. The molecule has 1 N–H and O–H groups in total. The second-order valence-electron chi connectivity index (χ2n) is 6.64. The number of fused-ring (bicyclic) bond motifs is 1. The SMILES string of the molecule is Cn1cnc2cc(CN3CCC(N4CCNCC4)C3)ccc21. The van der Waals surface area contributed by atoms with Crippen molar-refractivity contribution in [1.82, 2.24) is 24.7 Å². The van der Waals surface area contributed by atoms with Crippen LogP contribution in [-0.4, -0.2) is 64.7 Å². The fourth-order valence-electron chi connectivity index (χ4n) is 3.84. The quantitative estimate of drug-likeness (QED) is 0.919. The van der Waals surface area contributed by atoms with Gasteiger partial charge in [0.2, 0.25) is 0 Å². The second kappa shape index (κ2) is 5.99. The Labute approximate surface area is 131 Å². The number of aromatic nitrogens is 2. The number of nitrogens with one attached hydrogen (secondary N) is 1. The molecule has 0 spiro atoms. The Kier molecular flexibility index (Phi) is 3.86. The van der Waals surface area contributed by atoms with Gasteiger partial charge in [0.1, 0.15) is 0 Å². The van der Waals surface area contributed by atoms with Crippen molar-refractivity contribution in [3.05, 3.63) is 30.1 Å². The van der Waals surface area contributed by atoms with Crippen LogP contribution in [0.4, 0.5) is 0 Å². The third-order valence-electron chi connectivity index (χ3n) is 5.11. The average Bonchev–Trinajstić information content (AvgIpc) is 3.16. The van der Waals surface area contributed by atoms with E-state index in [2.05, 4.69) is 42.9 Å². The highest BCUT2D eigenvalue weighted by molar-refractivity contribution is 5.75. The zero-order chi connectivity index (χ0) is 14.9. The van der Waals surface area contributed by atoms with Gasteiger partial charge in [-0.1, -0.05) is 6.07 Å². The Morgan fingerprint density at radius 3 is 2.95 bits per heavy atom. The summed E-state index contributed by atoms with van der Waals surface area (Å²) in [6.07, 6.45) is 3.20. The van der Waals surface area contributed by atoms with E-state index >= 15 is 0 Å². The first kappa shape index (κ1) is 14.2. The van der Waals surface area contributed by atoms with Crippen LogP contribution in [0, 0.1) is 0 Å². The maximum absolute atomic E-state index is 4.47. The molecule has 0 amide bonds. The number of piperazine rings is 1. The van der Waals surface area contributed by atoms with Gasteiger partial charge in [0.15, 0.2) is 0 Å². The molecule has 118 valence electrons. The minimum absolute atomic E-state index is 0.751. The summed E-state index contributed by atoms with van der Waals surface area (Å²) in [5.41, 5.74) is 3.70.